The third kappa shape index (κ3) is 3.40. The zero-order valence-electron chi connectivity index (χ0n) is 10.1. The topological polar surface area (TPSA) is 114 Å². The van der Waals surface area contributed by atoms with Gasteiger partial charge in [0.1, 0.15) is 12.1 Å². The quantitative estimate of drug-likeness (QED) is 0.858. The lowest BCUT2D eigenvalue weighted by Gasteiger charge is -2.11. The number of nitriles is 2. The predicted octanol–water partition coefficient (Wildman–Crippen LogP) is 2.35. The number of azo groups is 1. The van der Waals surface area contributed by atoms with Gasteiger partial charge in [0.25, 0.3) is 5.24 Å². The highest BCUT2D eigenvalue weighted by Gasteiger charge is 2.13. The van der Waals surface area contributed by atoms with Crippen molar-refractivity contribution in [1.29, 1.82) is 10.5 Å². The maximum atomic E-state index is 11.0. The van der Waals surface area contributed by atoms with Gasteiger partial charge < -0.3 is 0 Å². The molecule has 0 unspecified atom stereocenters. The number of hydrogen-bond donors (Lipinski definition) is 1. The fraction of sp³-hybridized carbons (Fsp3) is 0.167. The van der Waals surface area contributed by atoms with Crippen LogP contribution < -0.4 is 5.43 Å². The molecule has 0 spiro atoms. The summed E-state index contributed by atoms with van der Waals surface area (Å²) in [7, 11) is 0. The van der Waals surface area contributed by atoms with Crippen molar-refractivity contribution >= 4 is 28.4 Å². The molecule has 20 heavy (non-hydrogen) atoms. The van der Waals surface area contributed by atoms with Crippen LogP contribution in [0.5, 0.6) is 0 Å². The Hall–Kier alpha value is -2.71. The minimum atomic E-state index is -1.09. The van der Waals surface area contributed by atoms with Crippen LogP contribution in [0, 0.1) is 22.7 Å². The van der Waals surface area contributed by atoms with E-state index in [2.05, 4.69) is 20.8 Å². The summed E-state index contributed by atoms with van der Waals surface area (Å²) in [6.45, 7) is 0. The van der Waals surface area contributed by atoms with Crippen LogP contribution in [-0.4, -0.2) is 22.7 Å². The predicted molar refractivity (Wildman–Crippen MR) is 73.5 cm³/mol. The first-order valence-corrected chi connectivity index (χ1v) is 6.51. The van der Waals surface area contributed by atoms with Crippen molar-refractivity contribution in [1.82, 2.24) is 5.43 Å². The number of hydrazone groups is 1. The van der Waals surface area contributed by atoms with Crippen LogP contribution in [-0.2, 0) is 0 Å². The second-order valence-corrected chi connectivity index (χ2v) is 4.62. The van der Waals surface area contributed by atoms with Crippen LogP contribution in [0.2, 0.25) is 0 Å². The average Bonchev–Trinajstić information content (AvgIpc) is 2.50. The third-order valence-electron chi connectivity index (χ3n) is 2.36. The summed E-state index contributed by atoms with van der Waals surface area (Å²) in [5, 5.41) is 28.3. The summed E-state index contributed by atoms with van der Waals surface area (Å²) in [6, 6.07) is 9.30. The van der Waals surface area contributed by atoms with Crippen LogP contribution in [0.3, 0.4) is 0 Å². The third-order valence-corrected chi connectivity index (χ3v) is 3.13. The maximum Gasteiger partial charge on any atom is 0.299 e. The van der Waals surface area contributed by atoms with E-state index >= 15 is 0 Å². The molecule has 1 aromatic rings. The summed E-state index contributed by atoms with van der Waals surface area (Å²) >= 11 is 1.15. The van der Waals surface area contributed by atoms with Crippen molar-refractivity contribution in [3.63, 3.8) is 0 Å². The van der Waals surface area contributed by atoms with Gasteiger partial charge in [-0.1, -0.05) is 23.9 Å². The zero-order valence-corrected chi connectivity index (χ0v) is 11.0. The highest BCUT2D eigenvalue weighted by molar-refractivity contribution is 8.14. The molecular weight excluding hydrogens is 276 g/mol. The van der Waals surface area contributed by atoms with Crippen molar-refractivity contribution in [2.75, 3.05) is 5.75 Å². The molecule has 0 aromatic heterocycles. The van der Waals surface area contributed by atoms with E-state index in [-0.39, 0.29) is 5.24 Å². The van der Waals surface area contributed by atoms with E-state index < -0.39 is 6.04 Å². The molecular formula is C12H8N6OS. The van der Waals surface area contributed by atoms with E-state index in [1.54, 1.807) is 36.4 Å². The van der Waals surface area contributed by atoms with Crippen LogP contribution >= 0.6 is 11.8 Å². The highest BCUT2D eigenvalue weighted by atomic mass is 32.2. The minimum Gasteiger partial charge on any atom is -0.260 e. The lowest BCUT2D eigenvalue weighted by atomic mass is 10.1. The first kappa shape index (κ1) is 13.7. The Morgan fingerprint density at radius 2 is 2.00 bits per heavy atom. The van der Waals surface area contributed by atoms with E-state index in [1.165, 1.54) is 0 Å². The second-order valence-electron chi connectivity index (χ2n) is 3.67. The largest absolute Gasteiger partial charge is 0.299 e. The molecule has 0 fully saturated rings. The van der Waals surface area contributed by atoms with Gasteiger partial charge in [-0.3, -0.25) is 4.79 Å². The van der Waals surface area contributed by atoms with Crippen molar-refractivity contribution < 1.29 is 4.79 Å². The Bertz CT molecular complexity index is 638. The molecule has 7 nitrogen and oxygen atoms in total. The average molecular weight is 284 g/mol. The Balaban J connectivity index is 2.10. The van der Waals surface area contributed by atoms with E-state index in [9.17, 15) is 4.79 Å². The molecule has 0 aliphatic carbocycles. The number of thioether (sulfide) groups is 1. The summed E-state index contributed by atoms with van der Waals surface area (Å²) in [6.07, 6.45) is 0. The summed E-state index contributed by atoms with van der Waals surface area (Å²) in [5.74, 6) is 0.512. The van der Waals surface area contributed by atoms with Gasteiger partial charge in [0.05, 0.1) is 11.4 Å². The number of hydrogen-bond acceptors (Lipinski definition) is 7. The molecule has 0 bridgehead atoms. The van der Waals surface area contributed by atoms with Gasteiger partial charge >= 0.3 is 0 Å². The van der Waals surface area contributed by atoms with Crippen molar-refractivity contribution in [2.45, 2.75) is 6.04 Å². The number of nitrogens with zero attached hydrogens (tertiary/aromatic N) is 5. The standard InChI is InChI=1S/C12H8N6OS/c13-5-10(6-14)16-15-9-3-1-8(2-4-9)11-7-20-12(19)18-17-11/h1-4,10H,7H2,(H,18,19). The molecule has 8 heteroatoms. The molecule has 0 saturated heterocycles. The summed E-state index contributed by atoms with van der Waals surface area (Å²) in [4.78, 5) is 11.0. The van der Waals surface area contributed by atoms with Crippen LogP contribution in [0.15, 0.2) is 39.6 Å². The maximum absolute atomic E-state index is 11.0. The Morgan fingerprint density at radius 3 is 2.55 bits per heavy atom. The van der Waals surface area contributed by atoms with Crippen LogP contribution in [0.4, 0.5) is 10.5 Å². The van der Waals surface area contributed by atoms with Crippen molar-refractivity contribution in [3.05, 3.63) is 29.8 Å². The van der Waals surface area contributed by atoms with E-state index in [0.29, 0.717) is 11.4 Å². The Kier molecular flexibility index (Phi) is 4.43. The zero-order chi connectivity index (χ0) is 14.4. The Labute approximate surface area is 119 Å². The highest BCUT2D eigenvalue weighted by Crippen LogP contribution is 2.17. The molecule has 1 N–H and O–H groups in total. The molecule has 0 saturated carbocycles. The smallest absolute Gasteiger partial charge is 0.260 e. The molecule has 0 radical (unpaired) electrons. The van der Waals surface area contributed by atoms with Crippen molar-refractivity contribution in [3.8, 4) is 12.1 Å². The van der Waals surface area contributed by atoms with Gasteiger partial charge in [-0.15, -0.1) is 0 Å². The van der Waals surface area contributed by atoms with Gasteiger partial charge in [-0.2, -0.15) is 25.9 Å². The first-order valence-electron chi connectivity index (χ1n) is 5.53. The molecule has 1 aliphatic rings. The first-order chi connectivity index (χ1) is 9.72. The van der Waals surface area contributed by atoms with Crippen LogP contribution in [0.25, 0.3) is 0 Å². The monoisotopic (exact) mass is 284 g/mol. The molecule has 1 heterocycles. The number of carbonyl (C=O) groups is 1. The fourth-order valence-electron chi connectivity index (χ4n) is 1.38. The number of amides is 1. The van der Waals surface area contributed by atoms with Gasteiger partial charge in [0.15, 0.2) is 0 Å². The van der Waals surface area contributed by atoms with E-state index in [1.807, 2.05) is 0 Å². The van der Waals surface area contributed by atoms with Gasteiger partial charge in [-0.05, 0) is 17.7 Å². The van der Waals surface area contributed by atoms with Crippen molar-refractivity contribution in [2.24, 2.45) is 15.3 Å². The number of nitrogens with one attached hydrogen (secondary N) is 1. The summed E-state index contributed by atoms with van der Waals surface area (Å²) in [5.41, 5.74) is 4.58. The molecule has 1 aliphatic heterocycles. The fourth-order valence-corrected chi connectivity index (χ4v) is 1.99. The second kappa shape index (κ2) is 6.45. The molecule has 1 amide bonds. The van der Waals surface area contributed by atoms with E-state index in [4.69, 9.17) is 10.5 Å². The molecule has 1 aromatic carbocycles. The van der Waals surface area contributed by atoms with Gasteiger partial charge in [0.2, 0.25) is 6.04 Å². The lowest BCUT2D eigenvalue weighted by molar-refractivity contribution is 0.261. The normalized spacial score (nSPS) is 14.6. The van der Waals surface area contributed by atoms with Gasteiger partial charge in [-0.25, -0.2) is 5.43 Å². The lowest BCUT2D eigenvalue weighted by Crippen LogP contribution is -2.23. The molecule has 2 rings (SSSR count). The van der Waals surface area contributed by atoms with Crippen LogP contribution in [0.1, 0.15) is 5.56 Å². The number of benzene rings is 1. The Morgan fingerprint density at radius 1 is 1.30 bits per heavy atom. The minimum absolute atomic E-state index is 0.168. The van der Waals surface area contributed by atoms with E-state index in [0.717, 1.165) is 23.0 Å². The molecule has 98 valence electrons. The summed E-state index contributed by atoms with van der Waals surface area (Å²) < 4.78 is 0. The van der Waals surface area contributed by atoms with Gasteiger partial charge in [0, 0.05) is 5.75 Å². The molecule has 0 atom stereocenters. The number of rotatable bonds is 3. The number of carbonyl (C=O) groups excluding carboxylic acids is 1. The SMILES string of the molecule is N#CC(C#N)N=Nc1ccc(C2=NNC(=O)SC2)cc1.